The number of hydrogen-bond acceptors (Lipinski definition) is 7. The van der Waals surface area contributed by atoms with Gasteiger partial charge in [0.1, 0.15) is 37.3 Å². The van der Waals surface area contributed by atoms with Crippen molar-refractivity contribution in [1.29, 1.82) is 0 Å². The van der Waals surface area contributed by atoms with Gasteiger partial charge in [0.25, 0.3) is 0 Å². The molecule has 1 saturated heterocycles. The summed E-state index contributed by atoms with van der Waals surface area (Å²) in [5, 5.41) is 0. The van der Waals surface area contributed by atoms with E-state index in [0.717, 1.165) is 38.5 Å². The predicted molar refractivity (Wildman–Crippen MR) is 112 cm³/mol. The van der Waals surface area contributed by atoms with Gasteiger partial charge in [-0.3, -0.25) is 0 Å². The molecule has 0 spiro atoms. The highest BCUT2D eigenvalue weighted by Crippen LogP contribution is 2.25. The van der Waals surface area contributed by atoms with Crippen LogP contribution in [-0.4, -0.2) is 84.6 Å². The van der Waals surface area contributed by atoms with Crippen LogP contribution in [0.2, 0.25) is 0 Å². The predicted octanol–water partition coefficient (Wildman–Crippen LogP) is 3.58. The maximum atomic E-state index is 6.29. The maximum absolute atomic E-state index is 6.29. The summed E-state index contributed by atoms with van der Waals surface area (Å²) in [6, 6.07) is 0. The molecule has 0 unspecified atom stereocenters. The van der Waals surface area contributed by atoms with Gasteiger partial charge in [-0.15, -0.1) is 0 Å². The van der Waals surface area contributed by atoms with E-state index in [2.05, 4.69) is 20.8 Å². The van der Waals surface area contributed by atoms with Crippen molar-refractivity contribution < 1.29 is 33.2 Å². The Morgan fingerprint density at radius 2 is 1.55 bits per heavy atom. The second-order valence-corrected chi connectivity index (χ2v) is 7.49. The molecule has 0 aromatic rings. The molecule has 29 heavy (non-hydrogen) atoms. The van der Waals surface area contributed by atoms with Gasteiger partial charge in [-0.2, -0.15) is 0 Å². The molecule has 0 aromatic heterocycles. The number of hydrogen-bond donors (Lipinski definition) is 0. The fourth-order valence-electron chi connectivity index (χ4n) is 3.32. The Morgan fingerprint density at radius 3 is 2.21 bits per heavy atom. The molecule has 1 rings (SSSR count). The molecule has 0 aromatic carbocycles. The topological polar surface area (TPSA) is 64.6 Å². The third kappa shape index (κ3) is 10.0. The van der Waals surface area contributed by atoms with Gasteiger partial charge in [0.15, 0.2) is 0 Å². The molecule has 174 valence electrons. The van der Waals surface area contributed by atoms with Gasteiger partial charge < -0.3 is 33.2 Å². The van der Waals surface area contributed by atoms with Crippen LogP contribution in [0.1, 0.15) is 59.3 Å². The summed E-state index contributed by atoms with van der Waals surface area (Å²) in [4.78, 5) is 0. The highest BCUT2D eigenvalue weighted by atomic mass is 16.7. The molecule has 1 heterocycles. The Balaban J connectivity index is 2.96. The van der Waals surface area contributed by atoms with Gasteiger partial charge in [-0.25, -0.2) is 0 Å². The quantitative estimate of drug-likeness (QED) is 0.333. The van der Waals surface area contributed by atoms with E-state index in [1.54, 1.807) is 14.2 Å². The van der Waals surface area contributed by atoms with Crippen molar-refractivity contribution in [2.24, 2.45) is 0 Å². The third-order valence-corrected chi connectivity index (χ3v) is 5.09. The first-order chi connectivity index (χ1) is 14.2. The molecular formula is C22H44O7. The monoisotopic (exact) mass is 420 g/mol. The molecule has 1 aliphatic rings. The third-order valence-electron chi connectivity index (χ3n) is 5.09. The molecule has 5 atom stereocenters. The minimum absolute atomic E-state index is 0.148. The molecule has 0 bridgehead atoms. The number of rotatable bonds is 17. The largest absolute Gasteiger partial charge is 0.382 e. The van der Waals surface area contributed by atoms with Crippen LogP contribution in [0.5, 0.6) is 0 Å². The highest BCUT2D eigenvalue weighted by Gasteiger charge is 2.44. The standard InChI is InChI=1S/C22H44O7/c1-6-9-12-25-16-19(26-13-10-7-2)21-22(27-14-11-8-3)20(24-5)18(15-23-4)28-17-29-21/h18-22H,6-17H2,1-5H3/t18-,19-,20-,21-,22+/m1/s1. The van der Waals surface area contributed by atoms with Crippen LogP contribution in [-0.2, 0) is 33.2 Å². The first-order valence-corrected chi connectivity index (χ1v) is 11.3. The van der Waals surface area contributed by atoms with Crippen LogP contribution in [0.25, 0.3) is 0 Å². The van der Waals surface area contributed by atoms with Crippen LogP contribution in [0, 0.1) is 0 Å². The van der Waals surface area contributed by atoms with Gasteiger partial charge >= 0.3 is 0 Å². The minimum Gasteiger partial charge on any atom is -0.382 e. The second-order valence-electron chi connectivity index (χ2n) is 7.49. The van der Waals surface area contributed by atoms with Gasteiger partial charge in [-0.05, 0) is 19.3 Å². The molecule has 1 aliphatic heterocycles. The van der Waals surface area contributed by atoms with E-state index in [1.165, 1.54) is 0 Å². The smallest absolute Gasteiger partial charge is 0.147 e. The van der Waals surface area contributed by atoms with Crippen LogP contribution < -0.4 is 0 Å². The van der Waals surface area contributed by atoms with Gasteiger partial charge in [0.2, 0.25) is 0 Å². The molecule has 7 nitrogen and oxygen atoms in total. The van der Waals surface area contributed by atoms with Crippen molar-refractivity contribution in [2.75, 3.05) is 54.0 Å². The fourth-order valence-corrected chi connectivity index (χ4v) is 3.32. The average molecular weight is 421 g/mol. The Labute approximate surface area is 177 Å². The zero-order valence-electron chi connectivity index (χ0n) is 19.2. The first-order valence-electron chi connectivity index (χ1n) is 11.3. The fraction of sp³-hybridized carbons (Fsp3) is 1.00. The van der Waals surface area contributed by atoms with Crippen LogP contribution >= 0.6 is 0 Å². The van der Waals surface area contributed by atoms with E-state index >= 15 is 0 Å². The van der Waals surface area contributed by atoms with E-state index in [-0.39, 0.29) is 37.3 Å². The Bertz CT molecular complexity index is 369. The lowest BCUT2D eigenvalue weighted by atomic mass is 9.98. The second kappa shape index (κ2) is 17.4. The molecule has 1 fully saturated rings. The Hall–Kier alpha value is -0.280. The lowest BCUT2D eigenvalue weighted by Crippen LogP contribution is -2.53. The van der Waals surface area contributed by atoms with Crippen molar-refractivity contribution in [3.63, 3.8) is 0 Å². The summed E-state index contributed by atoms with van der Waals surface area (Å²) in [6.45, 7) is 9.50. The van der Waals surface area contributed by atoms with Crippen LogP contribution in [0.15, 0.2) is 0 Å². The molecule has 0 saturated carbocycles. The molecule has 7 heteroatoms. The van der Waals surface area contributed by atoms with Crippen molar-refractivity contribution in [1.82, 2.24) is 0 Å². The highest BCUT2D eigenvalue weighted by molar-refractivity contribution is 4.91. The molecule has 0 N–H and O–H groups in total. The van der Waals surface area contributed by atoms with Crippen LogP contribution in [0.4, 0.5) is 0 Å². The van der Waals surface area contributed by atoms with Gasteiger partial charge in [0, 0.05) is 34.0 Å². The lowest BCUT2D eigenvalue weighted by molar-refractivity contribution is -0.181. The summed E-state index contributed by atoms with van der Waals surface area (Å²) in [6.07, 6.45) is 4.76. The summed E-state index contributed by atoms with van der Waals surface area (Å²) < 4.78 is 41.6. The normalized spacial score (nSPS) is 26.4. The van der Waals surface area contributed by atoms with Crippen molar-refractivity contribution in [2.45, 2.75) is 89.8 Å². The van der Waals surface area contributed by atoms with Crippen LogP contribution in [0.3, 0.4) is 0 Å². The summed E-state index contributed by atoms with van der Waals surface area (Å²) in [5.74, 6) is 0. The van der Waals surface area contributed by atoms with Gasteiger partial charge in [-0.1, -0.05) is 40.0 Å². The molecule has 0 radical (unpaired) electrons. The SMILES string of the molecule is CCCCOC[C@@H](OCCCC)[C@H]1OCO[C@H](COC)[C@@H](OC)[C@@H]1OCCCC. The zero-order chi connectivity index (χ0) is 21.3. The van der Waals surface area contributed by atoms with Gasteiger partial charge in [0.05, 0.1) is 13.2 Å². The number of unbranched alkanes of at least 4 members (excludes halogenated alkanes) is 3. The summed E-state index contributed by atoms with van der Waals surface area (Å²) in [5.41, 5.74) is 0. The van der Waals surface area contributed by atoms with Crippen molar-refractivity contribution in [3.8, 4) is 0 Å². The molecule has 0 amide bonds. The van der Waals surface area contributed by atoms with E-state index in [0.29, 0.717) is 33.0 Å². The van der Waals surface area contributed by atoms with E-state index in [4.69, 9.17) is 33.2 Å². The maximum Gasteiger partial charge on any atom is 0.147 e. The zero-order valence-corrected chi connectivity index (χ0v) is 19.2. The number of methoxy groups -OCH3 is 2. The first kappa shape index (κ1) is 26.8. The minimum atomic E-state index is -0.336. The van der Waals surface area contributed by atoms with E-state index in [1.807, 2.05) is 0 Å². The summed E-state index contributed by atoms with van der Waals surface area (Å²) in [7, 11) is 3.34. The van der Waals surface area contributed by atoms with E-state index < -0.39 is 0 Å². The average Bonchev–Trinajstić information content (AvgIpc) is 2.89. The number of ether oxygens (including phenoxy) is 7. The van der Waals surface area contributed by atoms with Crippen molar-refractivity contribution >= 4 is 0 Å². The summed E-state index contributed by atoms with van der Waals surface area (Å²) >= 11 is 0. The Kier molecular flexibility index (Phi) is 16.1. The Morgan fingerprint density at radius 1 is 0.862 bits per heavy atom. The lowest BCUT2D eigenvalue weighted by Gasteiger charge is -2.36. The van der Waals surface area contributed by atoms with Crippen molar-refractivity contribution in [3.05, 3.63) is 0 Å². The molecular weight excluding hydrogens is 376 g/mol. The molecule has 0 aliphatic carbocycles. The van der Waals surface area contributed by atoms with E-state index in [9.17, 15) is 0 Å².